The van der Waals surface area contributed by atoms with Gasteiger partial charge >= 0.3 is 5.69 Å². The molecular weight excluding hydrogens is 264 g/mol. The zero-order valence-electron chi connectivity index (χ0n) is 9.52. The third-order valence-electron chi connectivity index (χ3n) is 2.18. The quantitative estimate of drug-likeness (QED) is 0.827. The van der Waals surface area contributed by atoms with E-state index >= 15 is 0 Å². The molecule has 0 aliphatic carbocycles. The second-order valence-electron chi connectivity index (χ2n) is 3.83. The van der Waals surface area contributed by atoms with E-state index < -0.39 is 11.2 Å². The molecule has 0 aliphatic heterocycles. The molecule has 17 heavy (non-hydrogen) atoms. The summed E-state index contributed by atoms with van der Waals surface area (Å²) < 4.78 is 2.46. The molecule has 0 fully saturated rings. The third-order valence-corrected chi connectivity index (χ3v) is 3.56. The van der Waals surface area contributed by atoms with Gasteiger partial charge in [0.15, 0.2) is 16.3 Å². The van der Waals surface area contributed by atoms with Gasteiger partial charge in [-0.2, -0.15) is 0 Å². The van der Waals surface area contributed by atoms with Gasteiger partial charge in [0.1, 0.15) is 0 Å². The van der Waals surface area contributed by atoms with Gasteiger partial charge in [-0.25, -0.2) is 13.9 Å². The molecule has 2 rings (SSSR count). The summed E-state index contributed by atoms with van der Waals surface area (Å²) in [6.45, 7) is 3.98. The van der Waals surface area contributed by atoms with Crippen LogP contribution < -0.4 is 11.2 Å². The topological polar surface area (TPSA) is 72.7 Å². The van der Waals surface area contributed by atoms with Crippen LogP contribution in [0, 0.1) is 0 Å². The highest BCUT2D eigenvalue weighted by atomic mass is 35.5. The Bertz CT molecular complexity index is 685. The number of aryl methyl sites for hydroxylation is 1. The van der Waals surface area contributed by atoms with Crippen molar-refractivity contribution in [2.75, 3.05) is 0 Å². The monoisotopic (exact) mass is 274 g/mol. The second kappa shape index (κ2) is 4.23. The number of thioether (sulfide) groups is 1. The summed E-state index contributed by atoms with van der Waals surface area (Å²) in [5.41, 5.74) is -0.548. The van der Waals surface area contributed by atoms with Gasteiger partial charge in [-0.15, -0.1) is 0 Å². The summed E-state index contributed by atoms with van der Waals surface area (Å²) in [6.07, 6.45) is 0. The average molecular weight is 275 g/mol. The fourth-order valence-corrected chi connectivity index (χ4v) is 2.47. The lowest BCUT2D eigenvalue weighted by Gasteiger charge is -2.01. The maximum atomic E-state index is 11.6. The van der Waals surface area contributed by atoms with Crippen LogP contribution in [0.5, 0.6) is 0 Å². The molecule has 0 saturated heterocycles. The predicted octanol–water partition coefficient (Wildman–Crippen LogP) is 0.926. The molecule has 0 bridgehead atoms. The number of H-pyrrole nitrogens is 1. The number of nitrogens with one attached hydrogen (secondary N) is 1. The van der Waals surface area contributed by atoms with E-state index in [0.29, 0.717) is 5.16 Å². The van der Waals surface area contributed by atoms with Crippen molar-refractivity contribution in [3.8, 4) is 0 Å². The van der Waals surface area contributed by atoms with Gasteiger partial charge < -0.3 is 0 Å². The molecule has 92 valence electrons. The smallest absolute Gasteiger partial charge is 0.279 e. The van der Waals surface area contributed by atoms with Crippen LogP contribution in [-0.2, 0) is 7.05 Å². The first-order chi connectivity index (χ1) is 7.91. The molecule has 0 unspecified atom stereocenters. The lowest BCUT2D eigenvalue weighted by Crippen LogP contribution is -2.28. The van der Waals surface area contributed by atoms with Crippen molar-refractivity contribution in [1.82, 2.24) is 18.6 Å². The first-order valence-corrected chi connectivity index (χ1v) is 6.18. The van der Waals surface area contributed by atoms with Crippen LogP contribution >= 0.6 is 23.5 Å². The molecule has 2 aromatic heterocycles. The summed E-state index contributed by atoms with van der Waals surface area (Å²) in [4.78, 5) is 29.4. The van der Waals surface area contributed by atoms with E-state index in [1.807, 2.05) is 13.8 Å². The minimum Gasteiger partial charge on any atom is -0.279 e. The van der Waals surface area contributed by atoms with Crippen molar-refractivity contribution >= 4 is 34.7 Å². The van der Waals surface area contributed by atoms with Gasteiger partial charge in [0.25, 0.3) is 5.56 Å². The molecule has 1 N–H and O–H groups in total. The Kier molecular flexibility index (Phi) is 3.05. The first-order valence-electron chi connectivity index (χ1n) is 4.96. The Labute approximate surface area is 106 Å². The molecule has 0 aliphatic rings. The zero-order valence-corrected chi connectivity index (χ0v) is 11.1. The number of nitrogens with zero attached hydrogens (tertiary/aromatic N) is 3. The molecule has 0 saturated carbocycles. The number of rotatable bonds is 2. The maximum Gasteiger partial charge on any atom is 0.329 e. The van der Waals surface area contributed by atoms with Gasteiger partial charge in [0.2, 0.25) is 0 Å². The molecule has 0 radical (unpaired) electrons. The fraction of sp³-hybridized carbons (Fsp3) is 0.444. The predicted molar refractivity (Wildman–Crippen MR) is 67.8 cm³/mol. The van der Waals surface area contributed by atoms with E-state index in [1.165, 1.54) is 27.5 Å². The number of imidazole rings is 1. The van der Waals surface area contributed by atoms with Gasteiger partial charge in [-0.3, -0.25) is 14.3 Å². The molecule has 2 heterocycles. The summed E-state index contributed by atoms with van der Waals surface area (Å²) in [5.74, 6) is 0. The van der Waals surface area contributed by atoms with Crippen molar-refractivity contribution in [2.45, 2.75) is 24.3 Å². The molecule has 0 aromatic carbocycles. The van der Waals surface area contributed by atoms with Crippen molar-refractivity contribution < 1.29 is 0 Å². The Morgan fingerprint density at radius 3 is 2.65 bits per heavy atom. The summed E-state index contributed by atoms with van der Waals surface area (Å²) in [7, 11) is 1.54. The van der Waals surface area contributed by atoms with Crippen molar-refractivity contribution in [3.05, 3.63) is 20.8 Å². The highest BCUT2D eigenvalue weighted by molar-refractivity contribution is 7.99. The number of hydrogen-bond acceptors (Lipinski definition) is 4. The number of aromatic amines is 1. The standard InChI is InChI=1S/C9H11ClN4O2S/c1-4(2)17-9-11-6-5(14(9)10)7(15)12-8(16)13(6)3/h4H,1-3H3,(H,12,15,16). The zero-order chi connectivity index (χ0) is 12.7. The molecule has 6 nitrogen and oxygen atoms in total. The summed E-state index contributed by atoms with van der Waals surface area (Å²) >= 11 is 7.45. The van der Waals surface area contributed by atoms with E-state index in [1.54, 1.807) is 0 Å². The Morgan fingerprint density at radius 1 is 1.41 bits per heavy atom. The maximum absolute atomic E-state index is 11.6. The van der Waals surface area contributed by atoms with E-state index in [4.69, 9.17) is 11.8 Å². The van der Waals surface area contributed by atoms with Crippen LogP contribution in [0.15, 0.2) is 14.7 Å². The molecule has 0 amide bonds. The Hall–Kier alpha value is -1.21. The van der Waals surface area contributed by atoms with Crippen LogP contribution in [0.3, 0.4) is 0 Å². The van der Waals surface area contributed by atoms with E-state index in [2.05, 4.69) is 9.97 Å². The van der Waals surface area contributed by atoms with Crippen LogP contribution in [0.2, 0.25) is 0 Å². The largest absolute Gasteiger partial charge is 0.329 e. The summed E-state index contributed by atoms with van der Waals surface area (Å²) in [6, 6.07) is 0. The average Bonchev–Trinajstić information content (AvgIpc) is 2.53. The minimum absolute atomic E-state index is 0.192. The fourth-order valence-electron chi connectivity index (χ4n) is 1.42. The molecule has 8 heteroatoms. The van der Waals surface area contributed by atoms with Crippen LogP contribution in [0.25, 0.3) is 11.2 Å². The van der Waals surface area contributed by atoms with Crippen molar-refractivity contribution in [2.24, 2.45) is 7.05 Å². The highest BCUT2D eigenvalue weighted by Gasteiger charge is 2.17. The Morgan fingerprint density at radius 2 is 2.06 bits per heavy atom. The first kappa shape index (κ1) is 12.3. The van der Waals surface area contributed by atoms with E-state index in [0.717, 1.165) is 0 Å². The van der Waals surface area contributed by atoms with Crippen molar-refractivity contribution in [1.29, 1.82) is 0 Å². The molecule has 2 aromatic rings. The molecule has 0 atom stereocenters. The second-order valence-corrected chi connectivity index (χ2v) is 5.71. The SMILES string of the molecule is CC(C)Sc1nc2c(c(=O)[nH]c(=O)n2C)n1Cl. The van der Waals surface area contributed by atoms with Crippen LogP contribution in [-0.4, -0.2) is 23.9 Å². The van der Waals surface area contributed by atoms with Gasteiger partial charge in [-0.05, 0) is 0 Å². The number of fused-ring (bicyclic) bond motifs is 1. The van der Waals surface area contributed by atoms with Crippen LogP contribution in [0.1, 0.15) is 13.8 Å². The molecular formula is C9H11ClN4O2S. The minimum atomic E-state index is -0.527. The Balaban J connectivity index is 2.82. The normalized spacial score (nSPS) is 11.6. The van der Waals surface area contributed by atoms with Gasteiger partial charge in [-0.1, -0.05) is 25.6 Å². The van der Waals surface area contributed by atoms with Crippen LogP contribution in [0.4, 0.5) is 0 Å². The lowest BCUT2D eigenvalue weighted by molar-refractivity contribution is 0.829. The van der Waals surface area contributed by atoms with E-state index in [9.17, 15) is 9.59 Å². The van der Waals surface area contributed by atoms with Gasteiger partial charge in [0.05, 0.1) is 0 Å². The van der Waals surface area contributed by atoms with Crippen molar-refractivity contribution in [3.63, 3.8) is 0 Å². The number of aromatic nitrogens is 4. The lowest BCUT2D eigenvalue weighted by atomic mass is 10.5. The van der Waals surface area contributed by atoms with E-state index in [-0.39, 0.29) is 16.4 Å². The van der Waals surface area contributed by atoms with Gasteiger partial charge in [0, 0.05) is 24.1 Å². The number of hydrogen-bond donors (Lipinski definition) is 1. The summed E-state index contributed by atoms with van der Waals surface area (Å²) in [5, 5.41) is 0.781. The highest BCUT2D eigenvalue weighted by Crippen LogP contribution is 2.25. The number of halogens is 1. The third kappa shape index (κ3) is 2.00. The molecule has 0 spiro atoms.